The minimum absolute atomic E-state index is 0.0201. The number of nitrogen functional groups attached to an aromatic ring is 1. The van der Waals surface area contributed by atoms with Gasteiger partial charge in [-0.3, -0.25) is 9.78 Å². The van der Waals surface area contributed by atoms with E-state index >= 15 is 0 Å². The minimum Gasteiger partial charge on any atom is -0.484 e. The van der Waals surface area contributed by atoms with Crippen molar-refractivity contribution in [2.24, 2.45) is 0 Å². The number of nitrogens with two attached hydrogens (primary N) is 1. The summed E-state index contributed by atoms with van der Waals surface area (Å²) in [4.78, 5) is 34.9. The zero-order chi connectivity index (χ0) is 22.8. The fourth-order valence-corrected chi connectivity index (χ4v) is 4.67. The molecule has 1 aliphatic rings. The smallest absolute Gasteiger partial charge is 0.260 e. The van der Waals surface area contributed by atoms with Gasteiger partial charge in [-0.1, -0.05) is 22.9 Å². The van der Waals surface area contributed by atoms with Gasteiger partial charge in [0.15, 0.2) is 17.3 Å². The molecule has 0 spiro atoms. The lowest BCUT2D eigenvalue weighted by Gasteiger charge is -2.35. The fraction of sp³-hybridized carbons (Fsp3) is 0.227. The molecule has 1 fully saturated rings. The zero-order valence-corrected chi connectivity index (χ0v) is 19.1. The van der Waals surface area contributed by atoms with Crippen molar-refractivity contribution in [2.45, 2.75) is 0 Å². The SMILES string of the molecule is Nc1nc(N2CCN(C(=O)COc3ccc(Cl)cc3)CC2)c2nc(-c3ccncc3)sc2n1. The predicted molar refractivity (Wildman–Crippen MR) is 129 cm³/mol. The summed E-state index contributed by atoms with van der Waals surface area (Å²) in [5.74, 6) is 1.44. The van der Waals surface area contributed by atoms with Gasteiger partial charge in [-0.25, -0.2) is 9.97 Å². The number of hydrogen-bond donors (Lipinski definition) is 1. The van der Waals surface area contributed by atoms with Gasteiger partial charge in [0.05, 0.1) is 0 Å². The average Bonchev–Trinajstić information content (AvgIpc) is 3.28. The molecule has 1 aromatic carbocycles. The first-order chi connectivity index (χ1) is 16.1. The van der Waals surface area contributed by atoms with Crippen LogP contribution in [0.25, 0.3) is 20.9 Å². The first-order valence-electron chi connectivity index (χ1n) is 10.3. The molecule has 168 valence electrons. The van der Waals surface area contributed by atoms with Crippen LogP contribution in [0.1, 0.15) is 0 Å². The molecule has 0 atom stereocenters. The van der Waals surface area contributed by atoms with Crippen molar-refractivity contribution in [3.63, 3.8) is 0 Å². The van der Waals surface area contributed by atoms with Gasteiger partial charge in [0.2, 0.25) is 5.95 Å². The van der Waals surface area contributed by atoms with Gasteiger partial charge in [0.1, 0.15) is 16.3 Å². The summed E-state index contributed by atoms with van der Waals surface area (Å²) >= 11 is 7.35. The van der Waals surface area contributed by atoms with Crippen molar-refractivity contribution >= 4 is 51.0 Å². The number of ether oxygens (including phenoxy) is 1. The summed E-state index contributed by atoms with van der Waals surface area (Å²) in [5, 5.41) is 1.46. The molecule has 11 heteroatoms. The van der Waals surface area contributed by atoms with Crippen LogP contribution in [0.5, 0.6) is 5.75 Å². The highest BCUT2D eigenvalue weighted by Crippen LogP contribution is 2.33. The van der Waals surface area contributed by atoms with E-state index in [9.17, 15) is 4.79 Å². The maximum Gasteiger partial charge on any atom is 0.260 e. The standard InChI is InChI=1S/C22H20ClN7O2S/c23-15-1-3-16(4-2-15)32-13-17(31)29-9-11-30(12-10-29)19-18-21(28-22(24)27-19)33-20(26-18)14-5-7-25-8-6-14/h1-8H,9-13H2,(H2,24,27,28). The van der Waals surface area contributed by atoms with E-state index < -0.39 is 0 Å². The summed E-state index contributed by atoms with van der Waals surface area (Å²) in [6.07, 6.45) is 3.46. The maximum atomic E-state index is 12.6. The third-order valence-corrected chi connectivity index (χ3v) is 6.54. The molecule has 5 rings (SSSR count). The van der Waals surface area contributed by atoms with Crippen molar-refractivity contribution in [3.8, 4) is 16.3 Å². The topological polar surface area (TPSA) is 110 Å². The highest BCUT2D eigenvalue weighted by molar-refractivity contribution is 7.21. The van der Waals surface area contributed by atoms with Crippen LogP contribution in [0.4, 0.5) is 11.8 Å². The van der Waals surface area contributed by atoms with E-state index in [1.165, 1.54) is 11.3 Å². The molecule has 2 N–H and O–H groups in total. The Kier molecular flexibility index (Phi) is 5.93. The molecule has 3 aromatic heterocycles. The molecule has 4 aromatic rings. The Morgan fingerprint density at radius 1 is 1.03 bits per heavy atom. The van der Waals surface area contributed by atoms with Gasteiger partial charge < -0.3 is 20.3 Å². The number of pyridine rings is 1. The number of fused-ring (bicyclic) bond motifs is 1. The molecule has 0 saturated carbocycles. The van der Waals surface area contributed by atoms with Crippen molar-refractivity contribution in [3.05, 3.63) is 53.8 Å². The second-order valence-electron chi connectivity index (χ2n) is 7.42. The lowest BCUT2D eigenvalue weighted by atomic mass is 10.3. The zero-order valence-electron chi connectivity index (χ0n) is 17.5. The number of thiazole rings is 1. The van der Waals surface area contributed by atoms with Crippen LogP contribution < -0.4 is 15.4 Å². The molecular weight excluding hydrogens is 462 g/mol. The first kappa shape index (κ1) is 21.4. The first-order valence-corrected chi connectivity index (χ1v) is 11.5. The third kappa shape index (κ3) is 4.67. The average molecular weight is 482 g/mol. The molecule has 0 bridgehead atoms. The van der Waals surface area contributed by atoms with E-state index in [4.69, 9.17) is 27.1 Å². The number of aromatic nitrogens is 4. The number of anilines is 2. The van der Waals surface area contributed by atoms with E-state index in [1.807, 2.05) is 12.1 Å². The molecule has 0 radical (unpaired) electrons. The summed E-state index contributed by atoms with van der Waals surface area (Å²) in [7, 11) is 0. The number of nitrogens with zero attached hydrogens (tertiary/aromatic N) is 6. The normalized spacial score (nSPS) is 14.0. The summed E-state index contributed by atoms with van der Waals surface area (Å²) in [5.41, 5.74) is 7.67. The molecule has 1 aliphatic heterocycles. The van der Waals surface area contributed by atoms with Gasteiger partial charge in [0, 0.05) is 49.2 Å². The second kappa shape index (κ2) is 9.16. The summed E-state index contributed by atoms with van der Waals surface area (Å²) in [6.45, 7) is 2.31. The Morgan fingerprint density at radius 2 is 1.76 bits per heavy atom. The van der Waals surface area contributed by atoms with Crippen LogP contribution in [0.15, 0.2) is 48.8 Å². The highest BCUT2D eigenvalue weighted by atomic mass is 35.5. The van der Waals surface area contributed by atoms with Gasteiger partial charge in [-0.2, -0.15) is 4.98 Å². The van der Waals surface area contributed by atoms with Crippen molar-refractivity contribution in [1.82, 2.24) is 24.8 Å². The number of hydrogen-bond acceptors (Lipinski definition) is 9. The van der Waals surface area contributed by atoms with Crippen LogP contribution in [0.2, 0.25) is 5.02 Å². The Bertz CT molecular complexity index is 1280. The van der Waals surface area contributed by atoms with Gasteiger partial charge in [0.25, 0.3) is 5.91 Å². The molecule has 1 saturated heterocycles. The van der Waals surface area contributed by atoms with Gasteiger partial charge in [-0.05, 0) is 36.4 Å². The predicted octanol–water partition coefficient (Wildman–Crippen LogP) is 3.11. The molecule has 1 amide bonds. The van der Waals surface area contributed by atoms with E-state index in [2.05, 4.69) is 19.9 Å². The van der Waals surface area contributed by atoms with Crippen molar-refractivity contribution in [2.75, 3.05) is 43.4 Å². The lowest BCUT2D eigenvalue weighted by Crippen LogP contribution is -2.50. The van der Waals surface area contributed by atoms with Crippen LogP contribution in [0, 0.1) is 0 Å². The fourth-order valence-electron chi connectivity index (χ4n) is 3.60. The van der Waals surface area contributed by atoms with E-state index in [-0.39, 0.29) is 18.5 Å². The molecule has 33 heavy (non-hydrogen) atoms. The van der Waals surface area contributed by atoms with Gasteiger partial charge >= 0.3 is 0 Å². The van der Waals surface area contributed by atoms with Crippen LogP contribution in [-0.4, -0.2) is 63.5 Å². The molecular formula is C22H20ClN7O2S. The van der Waals surface area contributed by atoms with E-state index in [1.54, 1.807) is 41.6 Å². The number of halogens is 1. The van der Waals surface area contributed by atoms with Crippen LogP contribution >= 0.6 is 22.9 Å². The molecule has 4 heterocycles. The monoisotopic (exact) mass is 481 g/mol. The number of rotatable bonds is 5. The minimum atomic E-state index is -0.0643. The number of carbonyl (C=O) groups excluding carboxylic acids is 1. The number of amides is 1. The summed E-state index contributed by atoms with van der Waals surface area (Å²) in [6, 6.07) is 10.8. The van der Waals surface area contributed by atoms with Crippen molar-refractivity contribution < 1.29 is 9.53 Å². The second-order valence-corrected chi connectivity index (χ2v) is 8.84. The quantitative estimate of drug-likeness (QED) is 0.463. The van der Waals surface area contributed by atoms with E-state index in [0.717, 1.165) is 15.4 Å². The largest absolute Gasteiger partial charge is 0.484 e. The van der Waals surface area contributed by atoms with Crippen LogP contribution in [0.3, 0.4) is 0 Å². The number of benzene rings is 1. The Labute approximate surface area is 198 Å². The van der Waals surface area contributed by atoms with Crippen LogP contribution in [-0.2, 0) is 4.79 Å². The van der Waals surface area contributed by atoms with E-state index in [0.29, 0.717) is 48.3 Å². The number of carbonyl (C=O) groups is 1. The molecule has 0 aliphatic carbocycles. The Hall–Kier alpha value is -3.50. The van der Waals surface area contributed by atoms with Gasteiger partial charge in [-0.15, -0.1) is 0 Å². The Balaban J connectivity index is 1.27. The molecule has 9 nitrogen and oxygen atoms in total. The number of piperazine rings is 1. The lowest BCUT2D eigenvalue weighted by molar-refractivity contribution is -0.133. The molecule has 0 unspecified atom stereocenters. The Morgan fingerprint density at radius 3 is 2.48 bits per heavy atom. The third-order valence-electron chi connectivity index (χ3n) is 5.29. The summed E-state index contributed by atoms with van der Waals surface area (Å²) < 4.78 is 5.59. The maximum absolute atomic E-state index is 12.6. The van der Waals surface area contributed by atoms with Crippen molar-refractivity contribution in [1.29, 1.82) is 0 Å². The highest BCUT2D eigenvalue weighted by Gasteiger charge is 2.25.